The molecule has 1 aromatic carbocycles. The SMILES string of the molecule is Fc1cccc(Cc2nc3cccnc3n2C2CCOCC2)c1. The number of benzene rings is 1. The zero-order valence-electron chi connectivity index (χ0n) is 12.8. The van der Waals surface area contributed by atoms with E-state index in [2.05, 4.69) is 9.55 Å². The molecule has 0 amide bonds. The van der Waals surface area contributed by atoms with Gasteiger partial charge in [-0.3, -0.25) is 0 Å². The Bertz CT molecular complexity index is 824. The van der Waals surface area contributed by atoms with Gasteiger partial charge in [-0.1, -0.05) is 12.1 Å². The van der Waals surface area contributed by atoms with Crippen molar-refractivity contribution in [2.75, 3.05) is 13.2 Å². The van der Waals surface area contributed by atoms with Crippen molar-refractivity contribution in [3.8, 4) is 0 Å². The lowest BCUT2D eigenvalue weighted by Gasteiger charge is -2.25. The molecule has 5 heteroatoms. The molecule has 0 radical (unpaired) electrons. The van der Waals surface area contributed by atoms with E-state index >= 15 is 0 Å². The van der Waals surface area contributed by atoms with Gasteiger partial charge in [-0.2, -0.15) is 0 Å². The average Bonchev–Trinajstić information content (AvgIpc) is 2.93. The maximum atomic E-state index is 13.5. The van der Waals surface area contributed by atoms with Crippen molar-refractivity contribution in [1.29, 1.82) is 0 Å². The Morgan fingerprint density at radius 1 is 1.17 bits per heavy atom. The Morgan fingerprint density at radius 3 is 2.87 bits per heavy atom. The van der Waals surface area contributed by atoms with Crippen molar-refractivity contribution in [2.45, 2.75) is 25.3 Å². The first-order chi connectivity index (χ1) is 11.3. The van der Waals surface area contributed by atoms with Crippen LogP contribution in [0.15, 0.2) is 42.6 Å². The van der Waals surface area contributed by atoms with E-state index in [0.29, 0.717) is 12.5 Å². The Balaban J connectivity index is 1.78. The molecule has 1 fully saturated rings. The fourth-order valence-electron chi connectivity index (χ4n) is 3.26. The summed E-state index contributed by atoms with van der Waals surface area (Å²) in [4.78, 5) is 9.27. The van der Waals surface area contributed by atoms with Gasteiger partial charge < -0.3 is 9.30 Å². The summed E-state index contributed by atoms with van der Waals surface area (Å²) in [6.07, 6.45) is 4.31. The largest absolute Gasteiger partial charge is 0.381 e. The molecule has 0 bridgehead atoms. The van der Waals surface area contributed by atoms with Gasteiger partial charge in [0.2, 0.25) is 0 Å². The van der Waals surface area contributed by atoms with E-state index in [4.69, 9.17) is 9.72 Å². The summed E-state index contributed by atoms with van der Waals surface area (Å²) in [5.74, 6) is 0.727. The molecule has 0 unspecified atom stereocenters. The number of hydrogen-bond donors (Lipinski definition) is 0. The average molecular weight is 311 g/mol. The monoisotopic (exact) mass is 311 g/mol. The van der Waals surface area contributed by atoms with E-state index in [9.17, 15) is 4.39 Å². The fraction of sp³-hybridized carbons (Fsp3) is 0.333. The molecule has 0 N–H and O–H groups in total. The molecule has 118 valence electrons. The minimum absolute atomic E-state index is 0.214. The number of halogens is 1. The van der Waals surface area contributed by atoms with E-state index < -0.39 is 0 Å². The number of hydrogen-bond acceptors (Lipinski definition) is 3. The summed E-state index contributed by atoms with van der Waals surface area (Å²) in [5.41, 5.74) is 2.73. The van der Waals surface area contributed by atoms with E-state index in [1.807, 2.05) is 18.2 Å². The lowest BCUT2D eigenvalue weighted by atomic mass is 10.1. The van der Waals surface area contributed by atoms with Gasteiger partial charge in [0, 0.05) is 31.9 Å². The van der Waals surface area contributed by atoms with Crippen LogP contribution in [0.4, 0.5) is 4.39 Å². The number of imidazole rings is 1. The molecule has 1 saturated heterocycles. The Hall–Kier alpha value is -2.27. The third-order valence-corrected chi connectivity index (χ3v) is 4.33. The van der Waals surface area contributed by atoms with Crippen molar-refractivity contribution >= 4 is 11.2 Å². The molecule has 4 nitrogen and oxygen atoms in total. The van der Waals surface area contributed by atoms with Crippen LogP contribution < -0.4 is 0 Å². The summed E-state index contributed by atoms with van der Waals surface area (Å²) in [5, 5.41) is 0. The molecule has 23 heavy (non-hydrogen) atoms. The predicted molar refractivity (Wildman–Crippen MR) is 85.8 cm³/mol. The third-order valence-electron chi connectivity index (χ3n) is 4.33. The van der Waals surface area contributed by atoms with Gasteiger partial charge in [0.15, 0.2) is 5.65 Å². The molecule has 0 aliphatic carbocycles. The van der Waals surface area contributed by atoms with Gasteiger partial charge >= 0.3 is 0 Å². The first-order valence-electron chi connectivity index (χ1n) is 7.95. The van der Waals surface area contributed by atoms with E-state index in [-0.39, 0.29) is 5.82 Å². The standard InChI is InChI=1S/C18H18FN3O/c19-14-4-1-3-13(11-14)12-17-21-16-5-2-8-20-18(16)22(17)15-6-9-23-10-7-15/h1-5,8,11,15H,6-7,9-10,12H2. The van der Waals surface area contributed by atoms with Crippen LogP contribution in [0.1, 0.15) is 30.3 Å². The van der Waals surface area contributed by atoms with Gasteiger partial charge in [-0.15, -0.1) is 0 Å². The molecule has 0 spiro atoms. The van der Waals surface area contributed by atoms with Crippen LogP contribution in [0.5, 0.6) is 0 Å². The van der Waals surface area contributed by atoms with E-state index in [0.717, 1.165) is 48.6 Å². The lowest BCUT2D eigenvalue weighted by molar-refractivity contribution is 0.0698. The molecule has 1 aliphatic heterocycles. The highest BCUT2D eigenvalue weighted by atomic mass is 19.1. The molecule has 4 rings (SSSR count). The molecular weight excluding hydrogens is 293 g/mol. The van der Waals surface area contributed by atoms with E-state index in [1.54, 1.807) is 18.3 Å². The van der Waals surface area contributed by atoms with Crippen molar-refractivity contribution in [3.63, 3.8) is 0 Å². The molecule has 3 heterocycles. The Morgan fingerprint density at radius 2 is 2.04 bits per heavy atom. The molecule has 1 aliphatic rings. The molecule has 2 aromatic heterocycles. The Kier molecular flexibility index (Phi) is 3.79. The van der Waals surface area contributed by atoms with E-state index in [1.165, 1.54) is 6.07 Å². The maximum absolute atomic E-state index is 13.5. The van der Waals surface area contributed by atoms with Crippen molar-refractivity contribution < 1.29 is 9.13 Å². The Labute approximate surface area is 133 Å². The number of ether oxygens (including phenoxy) is 1. The fourth-order valence-corrected chi connectivity index (χ4v) is 3.26. The quantitative estimate of drug-likeness (QED) is 0.743. The highest BCUT2D eigenvalue weighted by Crippen LogP contribution is 2.28. The lowest BCUT2D eigenvalue weighted by Crippen LogP contribution is -2.21. The molecular formula is C18H18FN3O. The number of pyridine rings is 1. The maximum Gasteiger partial charge on any atom is 0.160 e. The van der Waals surface area contributed by atoms with Crippen LogP contribution in [0.25, 0.3) is 11.2 Å². The van der Waals surface area contributed by atoms with Crippen molar-refractivity contribution in [3.05, 3.63) is 59.8 Å². The number of nitrogens with zero attached hydrogens (tertiary/aromatic N) is 3. The van der Waals surface area contributed by atoms with Gasteiger partial charge in [0.25, 0.3) is 0 Å². The van der Waals surface area contributed by atoms with Crippen LogP contribution in [-0.4, -0.2) is 27.7 Å². The minimum Gasteiger partial charge on any atom is -0.381 e. The number of fused-ring (bicyclic) bond motifs is 1. The third kappa shape index (κ3) is 2.84. The van der Waals surface area contributed by atoms with Gasteiger partial charge in [-0.25, -0.2) is 14.4 Å². The highest BCUT2D eigenvalue weighted by Gasteiger charge is 2.22. The summed E-state index contributed by atoms with van der Waals surface area (Å²) < 4.78 is 21.2. The topological polar surface area (TPSA) is 39.9 Å². The summed E-state index contributed by atoms with van der Waals surface area (Å²) in [7, 11) is 0. The summed E-state index contributed by atoms with van der Waals surface area (Å²) in [6.45, 7) is 1.52. The normalized spacial score (nSPS) is 16.0. The van der Waals surface area contributed by atoms with Crippen molar-refractivity contribution in [2.24, 2.45) is 0 Å². The molecule has 3 aromatic rings. The summed E-state index contributed by atoms with van der Waals surface area (Å²) in [6, 6.07) is 10.9. The highest BCUT2D eigenvalue weighted by molar-refractivity contribution is 5.71. The zero-order valence-corrected chi connectivity index (χ0v) is 12.8. The second-order valence-electron chi connectivity index (χ2n) is 5.89. The minimum atomic E-state index is -0.214. The van der Waals surface area contributed by atoms with Gasteiger partial charge in [0.1, 0.15) is 17.2 Å². The van der Waals surface area contributed by atoms with Crippen LogP contribution >= 0.6 is 0 Å². The van der Waals surface area contributed by atoms with Crippen LogP contribution in [0, 0.1) is 5.82 Å². The summed E-state index contributed by atoms with van der Waals surface area (Å²) >= 11 is 0. The predicted octanol–water partition coefficient (Wildman–Crippen LogP) is 3.51. The first-order valence-corrected chi connectivity index (χ1v) is 7.95. The first kappa shape index (κ1) is 14.3. The second-order valence-corrected chi connectivity index (χ2v) is 5.89. The number of rotatable bonds is 3. The van der Waals surface area contributed by atoms with Crippen molar-refractivity contribution in [1.82, 2.24) is 14.5 Å². The molecule has 0 atom stereocenters. The van der Waals surface area contributed by atoms with Crippen LogP contribution in [0.3, 0.4) is 0 Å². The van der Waals surface area contributed by atoms with Gasteiger partial charge in [-0.05, 0) is 42.7 Å². The molecule has 0 saturated carbocycles. The van der Waals surface area contributed by atoms with Crippen LogP contribution in [0.2, 0.25) is 0 Å². The zero-order chi connectivity index (χ0) is 15.6. The van der Waals surface area contributed by atoms with Gasteiger partial charge in [0.05, 0.1) is 0 Å². The smallest absolute Gasteiger partial charge is 0.160 e. The second kappa shape index (κ2) is 6.08. The number of aromatic nitrogens is 3. The van der Waals surface area contributed by atoms with Crippen LogP contribution in [-0.2, 0) is 11.2 Å².